The molecule has 19 heavy (non-hydrogen) atoms. The molecule has 0 amide bonds. The van der Waals surface area contributed by atoms with E-state index in [0.29, 0.717) is 42.7 Å². The molecular weight excluding hydrogens is 248 g/mol. The van der Waals surface area contributed by atoms with Crippen LogP contribution < -0.4 is 5.73 Å². The second-order valence-electron chi connectivity index (χ2n) is 4.03. The number of nitrogens with two attached hydrogens (primary N) is 1. The van der Waals surface area contributed by atoms with Gasteiger partial charge < -0.3 is 20.1 Å². The van der Waals surface area contributed by atoms with E-state index in [2.05, 4.69) is 15.1 Å². The van der Waals surface area contributed by atoms with Gasteiger partial charge >= 0.3 is 0 Å². The van der Waals surface area contributed by atoms with Crippen LogP contribution in [0.5, 0.6) is 0 Å². The van der Waals surface area contributed by atoms with Crippen molar-refractivity contribution in [3.63, 3.8) is 0 Å². The number of aliphatic hydroxyl groups excluding tert-OH is 1. The lowest BCUT2D eigenvalue weighted by Crippen LogP contribution is -2.03. The van der Waals surface area contributed by atoms with Crippen molar-refractivity contribution in [3.8, 4) is 11.5 Å². The third-order valence-electron chi connectivity index (χ3n) is 2.48. The summed E-state index contributed by atoms with van der Waals surface area (Å²) in [6, 6.07) is 1.81. The highest BCUT2D eigenvalue weighted by molar-refractivity contribution is 5.57. The zero-order valence-electron chi connectivity index (χ0n) is 10.7. The van der Waals surface area contributed by atoms with Gasteiger partial charge in [0.2, 0.25) is 11.7 Å². The van der Waals surface area contributed by atoms with Crippen LogP contribution >= 0.6 is 0 Å². The Hall–Kier alpha value is -1.99. The second kappa shape index (κ2) is 6.26. The maximum absolute atomic E-state index is 8.57. The number of aromatic nitrogens is 3. The van der Waals surface area contributed by atoms with Crippen molar-refractivity contribution in [3.05, 3.63) is 23.7 Å². The summed E-state index contributed by atoms with van der Waals surface area (Å²) in [5.41, 5.74) is 7.79. The Morgan fingerprint density at radius 2 is 2.26 bits per heavy atom. The first kappa shape index (κ1) is 13.4. The quantitative estimate of drug-likeness (QED) is 0.734. The van der Waals surface area contributed by atoms with Crippen molar-refractivity contribution in [1.82, 2.24) is 15.1 Å². The van der Waals surface area contributed by atoms with Crippen LogP contribution in [0.4, 0.5) is 5.69 Å². The minimum Gasteiger partial charge on any atom is -0.397 e. The fraction of sp³-hybridized carbons (Fsp3) is 0.417. The summed E-state index contributed by atoms with van der Waals surface area (Å²) in [5.74, 6) is 0.917. The van der Waals surface area contributed by atoms with Gasteiger partial charge in [0.25, 0.3) is 0 Å². The average Bonchev–Trinajstić information content (AvgIpc) is 2.83. The van der Waals surface area contributed by atoms with E-state index in [-0.39, 0.29) is 6.61 Å². The van der Waals surface area contributed by atoms with Gasteiger partial charge in [0, 0.05) is 0 Å². The number of pyridine rings is 1. The molecule has 2 aromatic heterocycles. The molecule has 7 heteroatoms. The van der Waals surface area contributed by atoms with Crippen LogP contribution in [0.25, 0.3) is 11.5 Å². The van der Waals surface area contributed by atoms with Gasteiger partial charge in [0.15, 0.2) is 0 Å². The third-order valence-corrected chi connectivity index (χ3v) is 2.48. The molecule has 0 unspecified atom stereocenters. The van der Waals surface area contributed by atoms with E-state index in [0.717, 1.165) is 5.56 Å². The monoisotopic (exact) mass is 264 g/mol. The predicted octanol–water partition coefficient (Wildman–Crippen LogP) is 0.574. The second-order valence-corrected chi connectivity index (χ2v) is 4.03. The molecule has 0 saturated carbocycles. The molecule has 0 bridgehead atoms. The van der Waals surface area contributed by atoms with Crippen LogP contribution in [0.3, 0.4) is 0 Å². The topological polar surface area (TPSA) is 107 Å². The largest absolute Gasteiger partial charge is 0.397 e. The van der Waals surface area contributed by atoms with Crippen LogP contribution in [-0.2, 0) is 11.2 Å². The Kier molecular flexibility index (Phi) is 4.43. The molecule has 0 atom stereocenters. The molecule has 0 radical (unpaired) electrons. The normalized spacial score (nSPS) is 10.8. The smallest absolute Gasteiger partial charge is 0.229 e. The molecule has 7 nitrogen and oxygen atoms in total. The van der Waals surface area contributed by atoms with E-state index in [1.54, 1.807) is 6.20 Å². The lowest BCUT2D eigenvalue weighted by atomic mass is 10.2. The summed E-state index contributed by atoms with van der Waals surface area (Å²) in [6.45, 7) is 2.62. The van der Waals surface area contributed by atoms with E-state index in [9.17, 15) is 0 Å². The molecule has 0 fully saturated rings. The maximum Gasteiger partial charge on any atom is 0.229 e. The molecule has 2 rings (SSSR count). The van der Waals surface area contributed by atoms with Crippen molar-refractivity contribution >= 4 is 5.69 Å². The predicted molar refractivity (Wildman–Crippen MR) is 68.3 cm³/mol. The minimum absolute atomic E-state index is 0.00361. The minimum atomic E-state index is 0.00361. The van der Waals surface area contributed by atoms with Gasteiger partial charge in [-0.05, 0) is 18.6 Å². The van der Waals surface area contributed by atoms with Crippen molar-refractivity contribution in [1.29, 1.82) is 0 Å². The summed E-state index contributed by atoms with van der Waals surface area (Å²) in [6.07, 6.45) is 2.06. The number of aryl methyl sites for hydroxylation is 1. The number of hydrogen-bond acceptors (Lipinski definition) is 7. The summed E-state index contributed by atoms with van der Waals surface area (Å²) in [4.78, 5) is 8.44. The Bertz CT molecular complexity index is 542. The van der Waals surface area contributed by atoms with E-state index in [4.69, 9.17) is 20.1 Å². The summed E-state index contributed by atoms with van der Waals surface area (Å²) >= 11 is 0. The average molecular weight is 264 g/mol. The Balaban J connectivity index is 2.04. The fourth-order valence-corrected chi connectivity index (χ4v) is 1.61. The van der Waals surface area contributed by atoms with Gasteiger partial charge in [-0.15, -0.1) is 0 Å². The SMILES string of the molecule is Cc1cc(N)cnc1-c1noc(CCOCCO)n1. The van der Waals surface area contributed by atoms with E-state index in [1.807, 2.05) is 13.0 Å². The number of nitrogen functional groups attached to an aromatic ring is 1. The molecule has 2 heterocycles. The van der Waals surface area contributed by atoms with Crippen LogP contribution in [0.1, 0.15) is 11.5 Å². The number of hydrogen-bond donors (Lipinski definition) is 2. The lowest BCUT2D eigenvalue weighted by Gasteiger charge is -2.00. The zero-order valence-corrected chi connectivity index (χ0v) is 10.7. The Labute approximate surface area is 110 Å². The van der Waals surface area contributed by atoms with Gasteiger partial charge in [-0.2, -0.15) is 4.98 Å². The molecule has 0 aliphatic rings. The fourth-order valence-electron chi connectivity index (χ4n) is 1.61. The van der Waals surface area contributed by atoms with E-state index in [1.165, 1.54) is 0 Å². The molecular formula is C12H16N4O3. The molecule has 2 aromatic rings. The molecule has 0 spiro atoms. The van der Waals surface area contributed by atoms with E-state index < -0.39 is 0 Å². The van der Waals surface area contributed by atoms with Gasteiger partial charge in [-0.1, -0.05) is 5.16 Å². The molecule has 0 aliphatic heterocycles. The molecule has 0 aromatic carbocycles. The summed E-state index contributed by atoms with van der Waals surface area (Å²) in [7, 11) is 0. The highest BCUT2D eigenvalue weighted by atomic mass is 16.5. The van der Waals surface area contributed by atoms with Crippen LogP contribution in [0.15, 0.2) is 16.8 Å². The number of aliphatic hydroxyl groups is 1. The number of anilines is 1. The van der Waals surface area contributed by atoms with Crippen LogP contribution in [-0.4, -0.2) is 40.1 Å². The molecule has 102 valence electrons. The number of ether oxygens (including phenoxy) is 1. The number of nitrogens with zero attached hydrogens (tertiary/aromatic N) is 3. The van der Waals surface area contributed by atoms with Gasteiger partial charge in [0.05, 0.1) is 38.1 Å². The molecule has 3 N–H and O–H groups in total. The standard InChI is InChI=1S/C12H16N4O3/c1-8-6-9(13)7-14-11(8)12-15-10(19-16-12)2-4-18-5-3-17/h6-7,17H,2-5,13H2,1H3. The first-order chi connectivity index (χ1) is 9.20. The highest BCUT2D eigenvalue weighted by Gasteiger charge is 2.12. The first-order valence-corrected chi connectivity index (χ1v) is 5.94. The van der Waals surface area contributed by atoms with Gasteiger partial charge in [0.1, 0.15) is 5.69 Å². The van der Waals surface area contributed by atoms with Crippen molar-refractivity contribution < 1.29 is 14.4 Å². The Morgan fingerprint density at radius 1 is 1.42 bits per heavy atom. The van der Waals surface area contributed by atoms with E-state index >= 15 is 0 Å². The zero-order chi connectivity index (χ0) is 13.7. The van der Waals surface area contributed by atoms with Crippen LogP contribution in [0, 0.1) is 6.92 Å². The van der Waals surface area contributed by atoms with Crippen molar-refractivity contribution in [2.75, 3.05) is 25.6 Å². The number of rotatable bonds is 6. The molecule has 0 aliphatic carbocycles. The third kappa shape index (κ3) is 3.49. The highest BCUT2D eigenvalue weighted by Crippen LogP contribution is 2.19. The summed E-state index contributed by atoms with van der Waals surface area (Å²) < 4.78 is 10.2. The molecule has 0 saturated heterocycles. The first-order valence-electron chi connectivity index (χ1n) is 5.94. The van der Waals surface area contributed by atoms with Crippen LogP contribution in [0.2, 0.25) is 0 Å². The van der Waals surface area contributed by atoms with Gasteiger partial charge in [-0.25, -0.2) is 0 Å². The summed E-state index contributed by atoms with van der Waals surface area (Å²) in [5, 5.41) is 12.5. The Morgan fingerprint density at radius 3 is 3.00 bits per heavy atom. The van der Waals surface area contributed by atoms with Gasteiger partial charge in [-0.3, -0.25) is 4.98 Å². The van der Waals surface area contributed by atoms with Crippen molar-refractivity contribution in [2.45, 2.75) is 13.3 Å². The maximum atomic E-state index is 8.57. The lowest BCUT2D eigenvalue weighted by molar-refractivity contribution is 0.0908. The van der Waals surface area contributed by atoms with Crippen molar-refractivity contribution in [2.24, 2.45) is 0 Å².